The largest absolute Gasteiger partial charge is 0.278 e. The fourth-order valence-electron chi connectivity index (χ4n) is 10.7. The van der Waals surface area contributed by atoms with Crippen molar-refractivity contribution in [2.75, 3.05) is 0 Å². The van der Waals surface area contributed by atoms with Gasteiger partial charge in [0.15, 0.2) is 0 Å². The van der Waals surface area contributed by atoms with Crippen LogP contribution in [0.4, 0.5) is 0 Å². The summed E-state index contributed by atoms with van der Waals surface area (Å²) >= 11 is 11.3. The lowest BCUT2D eigenvalue weighted by molar-refractivity contribution is 1.11. The van der Waals surface area contributed by atoms with Crippen LogP contribution in [-0.2, 0) is 0 Å². The number of imidazole rings is 6. The number of halogens is 3. The van der Waals surface area contributed by atoms with Crippen LogP contribution in [0.1, 0.15) is 0 Å². The molecule has 15 rings (SSSR count). The van der Waals surface area contributed by atoms with Crippen molar-refractivity contribution in [1.29, 1.82) is 0 Å². The average molecular weight is 1080 g/mol. The zero-order valence-electron chi connectivity index (χ0n) is 36.1. The van der Waals surface area contributed by atoms with Gasteiger partial charge >= 0.3 is 0 Å². The van der Waals surface area contributed by atoms with Gasteiger partial charge in [0, 0.05) is 41.6 Å². The number of para-hydroxylation sites is 7. The number of hydrogen-bond donors (Lipinski definition) is 0. The van der Waals surface area contributed by atoms with E-state index in [1.54, 1.807) is 0 Å². The molecule has 9 aromatic carbocycles. The highest BCUT2D eigenvalue weighted by Crippen LogP contribution is 2.41. The Balaban J connectivity index is 0.901. The highest BCUT2D eigenvalue weighted by atomic mass is 79.9. The standard InChI is InChI=1S/C57H32Br3N9/c58-35-26-31-45-44(32-35)62-56-65(36-10-2-1-3-11-36)49-20-6-12-39(52(49)67(45)56)33-24-29-38(30-25-33)66-50-21-7-13-40(53(50)69-48-19-9-14-41(59)51(48)63-57(66)69)34-22-27-37(28-23-34)64-46-17-4-5-18-47(46)68-54-42(60)15-8-16-43(54)61-55(64)68/h1-32H. The summed E-state index contributed by atoms with van der Waals surface area (Å²) in [5.74, 6) is 2.57. The molecule has 0 spiro atoms. The minimum Gasteiger partial charge on any atom is -0.278 e. The van der Waals surface area contributed by atoms with Gasteiger partial charge in [0.1, 0.15) is 5.52 Å². The van der Waals surface area contributed by atoms with E-state index in [1.807, 2.05) is 6.07 Å². The fraction of sp³-hybridized carbons (Fsp3) is 0. The van der Waals surface area contributed by atoms with E-state index in [-0.39, 0.29) is 0 Å². The fourth-order valence-corrected chi connectivity index (χ4v) is 12.1. The van der Waals surface area contributed by atoms with Gasteiger partial charge in [-0.15, -0.1) is 0 Å². The van der Waals surface area contributed by atoms with Crippen LogP contribution in [0, 0.1) is 0 Å². The van der Waals surface area contributed by atoms with Gasteiger partial charge in [0.25, 0.3) is 0 Å². The number of nitrogens with zero attached hydrogens (tertiary/aromatic N) is 9. The monoisotopic (exact) mass is 1080 g/mol. The second-order valence-corrected chi connectivity index (χ2v) is 20.0. The Morgan fingerprint density at radius 1 is 0.319 bits per heavy atom. The van der Waals surface area contributed by atoms with E-state index in [9.17, 15) is 0 Å². The predicted octanol–water partition coefficient (Wildman–Crippen LogP) is 15.5. The van der Waals surface area contributed by atoms with Crippen LogP contribution >= 0.6 is 47.8 Å². The molecule has 326 valence electrons. The third kappa shape index (κ3) is 5.53. The van der Waals surface area contributed by atoms with E-state index >= 15 is 0 Å². The molecule has 0 saturated carbocycles. The van der Waals surface area contributed by atoms with Crippen LogP contribution in [0.5, 0.6) is 0 Å². The summed E-state index contributed by atoms with van der Waals surface area (Å²) < 4.78 is 16.6. The molecule has 0 unspecified atom stereocenters. The summed E-state index contributed by atoms with van der Waals surface area (Å²) in [5.41, 5.74) is 20.0. The van der Waals surface area contributed by atoms with Gasteiger partial charge in [-0.1, -0.05) is 107 Å². The molecule has 6 heterocycles. The third-order valence-corrected chi connectivity index (χ3v) is 15.4. The van der Waals surface area contributed by atoms with E-state index in [0.29, 0.717) is 0 Å². The summed E-state index contributed by atoms with van der Waals surface area (Å²) in [7, 11) is 0. The maximum atomic E-state index is 5.36. The van der Waals surface area contributed by atoms with Gasteiger partial charge in [-0.2, -0.15) is 0 Å². The molecule has 15 aromatic rings. The van der Waals surface area contributed by atoms with Crippen molar-refractivity contribution in [3.63, 3.8) is 0 Å². The van der Waals surface area contributed by atoms with E-state index in [1.165, 1.54) is 0 Å². The first-order valence-corrected chi connectivity index (χ1v) is 24.9. The lowest BCUT2D eigenvalue weighted by atomic mass is 10.0. The highest BCUT2D eigenvalue weighted by molar-refractivity contribution is 9.11. The summed E-state index contributed by atoms with van der Waals surface area (Å²) in [6, 6.07) is 68.7. The van der Waals surface area contributed by atoms with Crippen molar-refractivity contribution in [3.05, 3.63) is 208 Å². The normalized spacial score (nSPS) is 12.3. The molecule has 9 nitrogen and oxygen atoms in total. The zero-order valence-corrected chi connectivity index (χ0v) is 40.9. The molecule has 0 fully saturated rings. The molecule has 0 bridgehead atoms. The van der Waals surface area contributed by atoms with E-state index in [4.69, 9.17) is 15.0 Å². The molecule has 12 heteroatoms. The molecule has 69 heavy (non-hydrogen) atoms. The van der Waals surface area contributed by atoms with Gasteiger partial charge in [0.2, 0.25) is 17.3 Å². The third-order valence-electron chi connectivity index (χ3n) is 13.6. The quantitative estimate of drug-likeness (QED) is 0.172. The topological polar surface area (TPSA) is 66.7 Å². The van der Waals surface area contributed by atoms with Gasteiger partial charge < -0.3 is 0 Å². The molecule has 0 aliphatic heterocycles. The van der Waals surface area contributed by atoms with Crippen molar-refractivity contribution in [2.24, 2.45) is 0 Å². The summed E-state index contributed by atoms with van der Waals surface area (Å²) in [5, 5.41) is 0. The van der Waals surface area contributed by atoms with Crippen LogP contribution < -0.4 is 0 Å². The van der Waals surface area contributed by atoms with Crippen LogP contribution in [0.15, 0.2) is 208 Å². The Kier molecular flexibility index (Phi) is 8.31. The summed E-state index contributed by atoms with van der Waals surface area (Å²) in [4.78, 5) is 15.7. The number of rotatable bonds is 5. The maximum Gasteiger partial charge on any atom is 0.220 e. The smallest absolute Gasteiger partial charge is 0.220 e. The minimum atomic E-state index is 0.835. The molecular weight excluding hydrogens is 1050 g/mol. The Hall–Kier alpha value is -7.77. The first-order chi connectivity index (χ1) is 34.0. The van der Waals surface area contributed by atoms with Crippen molar-refractivity contribution in [2.45, 2.75) is 0 Å². The number of benzene rings is 9. The molecule has 0 aliphatic carbocycles. The average Bonchev–Trinajstić information content (AvgIpc) is 4.22. The molecule has 0 amide bonds. The molecule has 0 aliphatic rings. The highest BCUT2D eigenvalue weighted by Gasteiger charge is 2.24. The van der Waals surface area contributed by atoms with Crippen LogP contribution in [0.25, 0.3) is 123 Å². The maximum absolute atomic E-state index is 5.36. The first-order valence-electron chi connectivity index (χ1n) is 22.5. The second-order valence-electron chi connectivity index (χ2n) is 17.4. The SMILES string of the molecule is Brc1ccc2c(c1)nc1n(-c3ccccc3)c3cccc(-c4ccc(-n5c6cccc(-c7ccc(-n8c9ccccc9n9c%10c(Br)cccc%10nc89)cc7)c6n6c7cccc(Br)c7nc56)cc4)c3n21. The van der Waals surface area contributed by atoms with Crippen LogP contribution in [0.3, 0.4) is 0 Å². The molecule has 0 saturated heterocycles. The van der Waals surface area contributed by atoms with Gasteiger partial charge in [-0.3, -0.25) is 26.9 Å². The summed E-state index contributed by atoms with van der Waals surface area (Å²) in [6.07, 6.45) is 0. The number of fused-ring (bicyclic) bond motifs is 15. The van der Waals surface area contributed by atoms with E-state index in [2.05, 4.69) is 263 Å². The van der Waals surface area contributed by atoms with Crippen molar-refractivity contribution < 1.29 is 0 Å². The van der Waals surface area contributed by atoms with Gasteiger partial charge in [-0.05, 0) is 146 Å². The zero-order chi connectivity index (χ0) is 45.6. The molecule has 0 radical (unpaired) electrons. The van der Waals surface area contributed by atoms with Crippen molar-refractivity contribution in [3.8, 4) is 39.3 Å². The van der Waals surface area contributed by atoms with Crippen molar-refractivity contribution >= 4 is 131 Å². The molecule has 6 aromatic heterocycles. The molecule has 0 atom stereocenters. The Morgan fingerprint density at radius 3 is 1.49 bits per heavy atom. The van der Waals surface area contributed by atoms with E-state index in [0.717, 1.165) is 136 Å². The predicted molar refractivity (Wildman–Crippen MR) is 290 cm³/mol. The van der Waals surface area contributed by atoms with Gasteiger partial charge in [-0.25, -0.2) is 15.0 Å². The van der Waals surface area contributed by atoms with Crippen molar-refractivity contribution in [1.82, 2.24) is 41.9 Å². The Labute approximate surface area is 417 Å². The lowest BCUT2D eigenvalue weighted by Crippen LogP contribution is -1.96. The van der Waals surface area contributed by atoms with Gasteiger partial charge in [0.05, 0.1) is 60.7 Å². The minimum absolute atomic E-state index is 0.835. The Morgan fingerprint density at radius 2 is 0.812 bits per heavy atom. The van der Waals surface area contributed by atoms with Crippen LogP contribution in [0.2, 0.25) is 0 Å². The lowest BCUT2D eigenvalue weighted by Gasteiger charge is -2.11. The first kappa shape index (κ1) is 39.2. The van der Waals surface area contributed by atoms with Crippen LogP contribution in [-0.4, -0.2) is 41.9 Å². The molecule has 0 N–H and O–H groups in total. The Bertz CT molecular complexity index is 4630. The second kappa shape index (κ2) is 14.6. The number of hydrogen-bond acceptors (Lipinski definition) is 3. The number of aromatic nitrogens is 9. The molecular formula is C57H32Br3N9. The van der Waals surface area contributed by atoms with E-state index < -0.39 is 0 Å². The summed E-state index contributed by atoms with van der Waals surface area (Å²) in [6.45, 7) is 0.